The summed E-state index contributed by atoms with van der Waals surface area (Å²) in [4.78, 5) is 2.26. The van der Waals surface area contributed by atoms with Gasteiger partial charge in [0.25, 0.3) is 0 Å². The summed E-state index contributed by atoms with van der Waals surface area (Å²) in [7, 11) is 4.23. The molecular formula is C16H29N3. The number of hydrazine groups is 1. The third-order valence-corrected chi connectivity index (χ3v) is 4.72. The molecule has 0 bridgehead atoms. The molecule has 0 aromatic heterocycles. The van der Waals surface area contributed by atoms with Crippen LogP contribution in [0.4, 0.5) is 0 Å². The van der Waals surface area contributed by atoms with Crippen LogP contribution in [-0.4, -0.2) is 24.5 Å². The quantitative estimate of drug-likeness (QED) is 0.634. The highest BCUT2D eigenvalue weighted by atomic mass is 15.3. The van der Waals surface area contributed by atoms with Gasteiger partial charge in [-0.05, 0) is 70.5 Å². The first-order valence-corrected chi connectivity index (χ1v) is 6.99. The van der Waals surface area contributed by atoms with Crippen molar-refractivity contribution in [1.29, 1.82) is 0 Å². The molecule has 0 aliphatic heterocycles. The van der Waals surface area contributed by atoms with Gasteiger partial charge in [0, 0.05) is 5.54 Å². The Kier molecular flexibility index (Phi) is 5.13. The second kappa shape index (κ2) is 6.04. The Bertz CT molecular complexity index is 440. The minimum absolute atomic E-state index is 0.0127. The molecule has 3 heteroatoms. The van der Waals surface area contributed by atoms with Crippen molar-refractivity contribution in [3.63, 3.8) is 0 Å². The molecule has 3 nitrogen and oxygen atoms in total. The Morgan fingerprint density at radius 3 is 2.11 bits per heavy atom. The predicted octanol–water partition coefficient (Wildman–Crippen LogP) is 2.85. The molecular weight excluding hydrogens is 234 g/mol. The van der Waals surface area contributed by atoms with Crippen LogP contribution in [-0.2, 0) is 0 Å². The molecule has 1 rings (SSSR count). The van der Waals surface area contributed by atoms with Crippen molar-refractivity contribution < 1.29 is 0 Å². The van der Waals surface area contributed by atoms with Crippen molar-refractivity contribution in [3.8, 4) is 0 Å². The summed E-state index contributed by atoms with van der Waals surface area (Å²) in [6.07, 6.45) is 1.03. The maximum absolute atomic E-state index is 5.88. The van der Waals surface area contributed by atoms with E-state index in [1.165, 1.54) is 22.3 Å². The molecule has 1 aromatic carbocycles. The summed E-state index contributed by atoms with van der Waals surface area (Å²) in [5.74, 6) is 5.88. The fraction of sp³-hybridized carbons (Fsp3) is 0.625. The van der Waals surface area contributed by atoms with Crippen LogP contribution >= 0.6 is 0 Å². The number of nitrogens with one attached hydrogen (secondary N) is 1. The van der Waals surface area contributed by atoms with E-state index in [-0.39, 0.29) is 11.6 Å². The van der Waals surface area contributed by atoms with E-state index in [4.69, 9.17) is 5.84 Å². The Hall–Kier alpha value is -0.900. The maximum atomic E-state index is 5.88. The van der Waals surface area contributed by atoms with Crippen molar-refractivity contribution in [2.75, 3.05) is 14.1 Å². The van der Waals surface area contributed by atoms with Crippen LogP contribution in [0.3, 0.4) is 0 Å². The molecule has 0 amide bonds. The molecule has 0 radical (unpaired) electrons. The smallest absolute Gasteiger partial charge is 0.0643 e. The summed E-state index contributed by atoms with van der Waals surface area (Å²) >= 11 is 0. The molecule has 0 aliphatic carbocycles. The van der Waals surface area contributed by atoms with Crippen LogP contribution in [0.5, 0.6) is 0 Å². The summed E-state index contributed by atoms with van der Waals surface area (Å²) in [5, 5.41) is 0. The molecule has 2 atom stereocenters. The number of rotatable bonds is 5. The van der Waals surface area contributed by atoms with Gasteiger partial charge in [-0.1, -0.05) is 19.1 Å². The first kappa shape index (κ1) is 16.2. The monoisotopic (exact) mass is 263 g/mol. The summed E-state index contributed by atoms with van der Waals surface area (Å²) in [6.45, 7) is 10.9. The van der Waals surface area contributed by atoms with Crippen LogP contribution in [0.25, 0.3) is 0 Å². The van der Waals surface area contributed by atoms with Crippen molar-refractivity contribution in [2.24, 2.45) is 5.84 Å². The SMILES string of the molecule is CCC(C)(C(NN)c1cc(C)c(C)cc1C)N(C)C. The fourth-order valence-electron chi connectivity index (χ4n) is 2.68. The second-order valence-corrected chi connectivity index (χ2v) is 6.00. The number of hydrogen-bond acceptors (Lipinski definition) is 3. The van der Waals surface area contributed by atoms with E-state index in [1.807, 2.05) is 0 Å². The van der Waals surface area contributed by atoms with E-state index in [0.29, 0.717) is 0 Å². The molecule has 0 fully saturated rings. The second-order valence-electron chi connectivity index (χ2n) is 6.00. The molecule has 0 spiro atoms. The minimum Gasteiger partial charge on any atom is -0.302 e. The molecule has 0 aliphatic rings. The lowest BCUT2D eigenvalue weighted by Gasteiger charge is -2.43. The number of likely N-dealkylation sites (N-methyl/N-ethyl adjacent to an activating group) is 1. The molecule has 19 heavy (non-hydrogen) atoms. The summed E-state index contributed by atoms with van der Waals surface area (Å²) in [6, 6.07) is 4.64. The van der Waals surface area contributed by atoms with Crippen LogP contribution in [0.1, 0.15) is 48.6 Å². The fourth-order valence-corrected chi connectivity index (χ4v) is 2.68. The van der Waals surface area contributed by atoms with Gasteiger partial charge in [-0.25, -0.2) is 0 Å². The zero-order chi connectivity index (χ0) is 14.8. The van der Waals surface area contributed by atoms with Crippen LogP contribution < -0.4 is 11.3 Å². The summed E-state index contributed by atoms with van der Waals surface area (Å²) < 4.78 is 0. The lowest BCUT2D eigenvalue weighted by molar-refractivity contribution is 0.112. The van der Waals surface area contributed by atoms with Gasteiger partial charge in [-0.15, -0.1) is 0 Å². The summed E-state index contributed by atoms with van der Waals surface area (Å²) in [5.41, 5.74) is 8.27. The van der Waals surface area contributed by atoms with E-state index < -0.39 is 0 Å². The van der Waals surface area contributed by atoms with Crippen LogP contribution in [0.2, 0.25) is 0 Å². The maximum Gasteiger partial charge on any atom is 0.0643 e. The number of aryl methyl sites for hydroxylation is 3. The van der Waals surface area contributed by atoms with E-state index in [1.54, 1.807) is 0 Å². The van der Waals surface area contributed by atoms with Gasteiger partial charge < -0.3 is 4.90 Å². The van der Waals surface area contributed by atoms with Crippen molar-refractivity contribution in [2.45, 2.75) is 52.6 Å². The highest BCUT2D eigenvalue weighted by molar-refractivity contribution is 5.39. The van der Waals surface area contributed by atoms with Gasteiger partial charge in [-0.3, -0.25) is 11.3 Å². The van der Waals surface area contributed by atoms with Crippen molar-refractivity contribution in [1.82, 2.24) is 10.3 Å². The molecule has 0 saturated carbocycles. The number of nitrogens with two attached hydrogens (primary N) is 1. The molecule has 0 heterocycles. The number of hydrogen-bond donors (Lipinski definition) is 2. The molecule has 1 aromatic rings. The topological polar surface area (TPSA) is 41.3 Å². The number of nitrogens with zero attached hydrogens (tertiary/aromatic N) is 1. The van der Waals surface area contributed by atoms with E-state index in [0.717, 1.165) is 6.42 Å². The Morgan fingerprint density at radius 2 is 1.68 bits per heavy atom. The Balaban J connectivity index is 3.35. The standard InChI is InChI=1S/C16H29N3/c1-8-16(5,19(6)7)15(18-17)14-10-12(3)11(2)9-13(14)4/h9-10,15,18H,8,17H2,1-7H3. The minimum atomic E-state index is -0.0127. The zero-order valence-corrected chi connectivity index (χ0v) is 13.5. The molecule has 3 N–H and O–H groups in total. The zero-order valence-electron chi connectivity index (χ0n) is 13.5. The van der Waals surface area contributed by atoms with Crippen molar-refractivity contribution >= 4 is 0 Å². The lowest BCUT2D eigenvalue weighted by Crippen LogP contribution is -2.53. The predicted molar refractivity (Wildman–Crippen MR) is 83.1 cm³/mol. The first-order chi connectivity index (χ1) is 8.77. The van der Waals surface area contributed by atoms with Crippen LogP contribution in [0, 0.1) is 20.8 Å². The van der Waals surface area contributed by atoms with Gasteiger partial charge in [0.05, 0.1) is 6.04 Å². The van der Waals surface area contributed by atoms with Gasteiger partial charge in [0.1, 0.15) is 0 Å². The average Bonchev–Trinajstić information content (AvgIpc) is 2.35. The highest BCUT2D eigenvalue weighted by Gasteiger charge is 2.36. The molecule has 2 unspecified atom stereocenters. The van der Waals surface area contributed by atoms with Crippen LogP contribution in [0.15, 0.2) is 12.1 Å². The van der Waals surface area contributed by atoms with Gasteiger partial charge in [0.2, 0.25) is 0 Å². The normalized spacial score (nSPS) is 16.5. The third kappa shape index (κ3) is 2.99. The van der Waals surface area contributed by atoms with Gasteiger partial charge in [0.15, 0.2) is 0 Å². The van der Waals surface area contributed by atoms with E-state index in [9.17, 15) is 0 Å². The average molecular weight is 263 g/mol. The largest absolute Gasteiger partial charge is 0.302 e. The first-order valence-electron chi connectivity index (χ1n) is 6.99. The van der Waals surface area contributed by atoms with E-state index in [2.05, 4.69) is 71.2 Å². The Labute approximate surface area is 118 Å². The molecule has 0 saturated heterocycles. The number of benzene rings is 1. The third-order valence-electron chi connectivity index (χ3n) is 4.72. The van der Waals surface area contributed by atoms with E-state index >= 15 is 0 Å². The van der Waals surface area contributed by atoms with Crippen molar-refractivity contribution in [3.05, 3.63) is 34.4 Å². The lowest BCUT2D eigenvalue weighted by atomic mass is 9.81. The van der Waals surface area contributed by atoms with Gasteiger partial charge in [-0.2, -0.15) is 0 Å². The highest BCUT2D eigenvalue weighted by Crippen LogP contribution is 2.34. The Morgan fingerprint density at radius 1 is 1.16 bits per heavy atom. The molecule has 108 valence electrons. The van der Waals surface area contributed by atoms with Gasteiger partial charge >= 0.3 is 0 Å².